The lowest BCUT2D eigenvalue weighted by molar-refractivity contribution is 0.411. The summed E-state index contributed by atoms with van der Waals surface area (Å²) in [6, 6.07) is 2.96. The van der Waals surface area contributed by atoms with Crippen LogP contribution in [0.4, 0.5) is 10.1 Å². The average molecular weight is 420 g/mol. The Labute approximate surface area is 171 Å². The topological polar surface area (TPSA) is 64.0 Å². The molecule has 28 heavy (non-hydrogen) atoms. The molecule has 1 aliphatic heterocycles. The Morgan fingerprint density at radius 3 is 2.61 bits per heavy atom. The lowest BCUT2D eigenvalue weighted by Gasteiger charge is -2.37. The van der Waals surface area contributed by atoms with Gasteiger partial charge in [-0.2, -0.15) is 0 Å². The van der Waals surface area contributed by atoms with Crippen molar-refractivity contribution in [3.8, 4) is 17.4 Å². The molecule has 4 rings (SSSR count). The highest BCUT2D eigenvalue weighted by molar-refractivity contribution is 6.39. The van der Waals surface area contributed by atoms with Crippen LogP contribution in [0.2, 0.25) is 10.0 Å². The smallest absolute Gasteiger partial charge is 0.197 e. The third-order valence-electron chi connectivity index (χ3n) is 4.78. The normalized spacial score (nSPS) is 16.0. The summed E-state index contributed by atoms with van der Waals surface area (Å²) in [5, 5.41) is 0.150. The van der Waals surface area contributed by atoms with E-state index >= 15 is 0 Å². The van der Waals surface area contributed by atoms with Gasteiger partial charge in [-0.1, -0.05) is 23.2 Å². The number of ether oxygens (including phenoxy) is 1. The maximum atomic E-state index is 14.3. The van der Waals surface area contributed by atoms with Crippen LogP contribution in [0.15, 0.2) is 30.7 Å². The lowest BCUT2D eigenvalue weighted by atomic mass is 9.98. The zero-order valence-electron chi connectivity index (χ0n) is 15.2. The van der Waals surface area contributed by atoms with Gasteiger partial charge in [-0.05, 0) is 13.0 Å². The summed E-state index contributed by atoms with van der Waals surface area (Å²) in [6.07, 6.45) is 5.72. The Kier molecular flexibility index (Phi) is 5.03. The van der Waals surface area contributed by atoms with Crippen molar-refractivity contribution in [2.24, 2.45) is 0 Å². The summed E-state index contributed by atoms with van der Waals surface area (Å²) < 4.78 is 19.5. The second-order valence-corrected chi connectivity index (χ2v) is 7.08. The van der Waals surface area contributed by atoms with Crippen LogP contribution in [0, 0.1) is 5.82 Å². The van der Waals surface area contributed by atoms with E-state index in [0.29, 0.717) is 30.3 Å². The van der Waals surface area contributed by atoms with E-state index in [9.17, 15) is 4.39 Å². The van der Waals surface area contributed by atoms with E-state index in [1.54, 1.807) is 24.7 Å². The van der Waals surface area contributed by atoms with Gasteiger partial charge in [-0.3, -0.25) is 0 Å². The molecule has 3 aromatic rings. The first-order chi connectivity index (χ1) is 13.5. The molecule has 1 aromatic carbocycles. The van der Waals surface area contributed by atoms with E-state index in [1.807, 2.05) is 11.8 Å². The number of fused-ring (bicyclic) bond motifs is 1. The molecular formula is C19H16Cl2FN5O. The highest BCUT2D eigenvalue weighted by Crippen LogP contribution is 2.45. The van der Waals surface area contributed by atoms with Crippen molar-refractivity contribution in [1.82, 2.24) is 19.9 Å². The molecule has 0 spiro atoms. The molecule has 9 heteroatoms. The van der Waals surface area contributed by atoms with Crippen molar-refractivity contribution < 1.29 is 9.13 Å². The Bertz CT molecular complexity index is 1030. The highest BCUT2D eigenvalue weighted by Gasteiger charge is 2.30. The number of nitrogens with zero attached hydrogens (tertiary/aromatic N) is 5. The third kappa shape index (κ3) is 3.14. The molecule has 0 bridgehead atoms. The third-order valence-corrected chi connectivity index (χ3v) is 5.50. The first kappa shape index (κ1) is 18.8. The first-order valence-corrected chi connectivity index (χ1v) is 9.38. The van der Waals surface area contributed by atoms with Gasteiger partial charge in [0.15, 0.2) is 17.4 Å². The van der Waals surface area contributed by atoms with E-state index in [0.717, 1.165) is 11.3 Å². The number of hydrogen-bond acceptors (Lipinski definition) is 6. The average Bonchev–Trinajstić information content (AvgIpc) is 2.72. The van der Waals surface area contributed by atoms with Crippen LogP contribution in [-0.4, -0.2) is 33.6 Å². The van der Waals surface area contributed by atoms with Crippen molar-refractivity contribution in [2.75, 3.05) is 18.6 Å². The fourth-order valence-electron chi connectivity index (χ4n) is 3.37. The zero-order valence-corrected chi connectivity index (χ0v) is 16.7. The van der Waals surface area contributed by atoms with Crippen LogP contribution < -0.4 is 9.64 Å². The van der Waals surface area contributed by atoms with Crippen LogP contribution in [0.5, 0.6) is 5.75 Å². The van der Waals surface area contributed by atoms with Gasteiger partial charge in [0, 0.05) is 43.2 Å². The maximum absolute atomic E-state index is 14.3. The minimum absolute atomic E-state index is 0.114. The van der Waals surface area contributed by atoms with Gasteiger partial charge in [0.2, 0.25) is 0 Å². The number of rotatable bonds is 3. The quantitative estimate of drug-likeness (QED) is 0.581. The molecular weight excluding hydrogens is 404 g/mol. The minimum Gasteiger partial charge on any atom is -0.493 e. The molecule has 2 aromatic heterocycles. The second-order valence-electron chi connectivity index (χ2n) is 6.33. The van der Waals surface area contributed by atoms with Gasteiger partial charge in [0.25, 0.3) is 0 Å². The molecule has 1 atom stereocenters. The Morgan fingerprint density at radius 2 is 1.89 bits per heavy atom. The summed E-state index contributed by atoms with van der Waals surface area (Å²) >= 11 is 12.4. The molecule has 0 amide bonds. The molecule has 0 saturated carbocycles. The Morgan fingerprint density at radius 1 is 1.14 bits per heavy atom. The van der Waals surface area contributed by atoms with Crippen LogP contribution >= 0.6 is 23.2 Å². The van der Waals surface area contributed by atoms with E-state index in [1.165, 1.54) is 13.2 Å². The molecule has 6 nitrogen and oxygen atoms in total. The standard InChI is InChI=1S/C19H16Cl2FN5O/c1-10-11-9-25-19(18-23-5-3-6-24-18)26-13(11)4-7-27(10)14-8-12(22)15(20)17(28-2)16(14)21/h3,5-6,8-10H,4,7H2,1-2H3. The van der Waals surface area contributed by atoms with E-state index < -0.39 is 5.82 Å². The van der Waals surface area contributed by atoms with E-state index in [-0.39, 0.29) is 21.8 Å². The summed E-state index contributed by atoms with van der Waals surface area (Å²) in [5.41, 5.74) is 2.38. The molecule has 0 saturated heterocycles. The number of methoxy groups -OCH3 is 1. The predicted octanol–water partition coefficient (Wildman–Crippen LogP) is 4.51. The van der Waals surface area contributed by atoms with E-state index in [2.05, 4.69) is 19.9 Å². The van der Waals surface area contributed by atoms with Crippen molar-refractivity contribution in [1.29, 1.82) is 0 Å². The van der Waals surface area contributed by atoms with Gasteiger partial charge < -0.3 is 9.64 Å². The van der Waals surface area contributed by atoms with E-state index in [4.69, 9.17) is 27.9 Å². The Hall–Kier alpha value is -2.51. The van der Waals surface area contributed by atoms with Crippen LogP contribution in [0.3, 0.4) is 0 Å². The van der Waals surface area contributed by atoms with Crippen molar-refractivity contribution in [3.63, 3.8) is 0 Å². The van der Waals surface area contributed by atoms with Gasteiger partial charge in [0.05, 0.1) is 24.5 Å². The number of aromatic nitrogens is 4. The van der Waals surface area contributed by atoms with Gasteiger partial charge >= 0.3 is 0 Å². The molecule has 144 valence electrons. The number of halogens is 3. The fraction of sp³-hybridized carbons (Fsp3) is 0.263. The Balaban J connectivity index is 1.72. The number of benzene rings is 1. The molecule has 1 unspecified atom stereocenters. The van der Waals surface area contributed by atoms with Gasteiger partial charge in [-0.15, -0.1) is 0 Å². The summed E-state index contributed by atoms with van der Waals surface area (Å²) in [5.74, 6) is 0.512. The SMILES string of the molecule is COc1c(Cl)c(F)cc(N2CCc3nc(-c4ncccn4)ncc3C2C)c1Cl. The van der Waals surface area contributed by atoms with Crippen molar-refractivity contribution in [2.45, 2.75) is 19.4 Å². The number of anilines is 1. The summed E-state index contributed by atoms with van der Waals surface area (Å²) in [6.45, 7) is 2.60. The highest BCUT2D eigenvalue weighted by atomic mass is 35.5. The molecule has 0 N–H and O–H groups in total. The van der Waals surface area contributed by atoms with Crippen LogP contribution in [0.25, 0.3) is 11.6 Å². The van der Waals surface area contributed by atoms with Gasteiger partial charge in [-0.25, -0.2) is 24.3 Å². The van der Waals surface area contributed by atoms with Gasteiger partial charge in [0.1, 0.15) is 15.9 Å². The fourth-order valence-corrected chi connectivity index (χ4v) is 3.98. The lowest BCUT2D eigenvalue weighted by Crippen LogP contribution is -2.35. The summed E-state index contributed by atoms with van der Waals surface area (Å²) in [4.78, 5) is 19.4. The van der Waals surface area contributed by atoms with Crippen LogP contribution in [0.1, 0.15) is 24.2 Å². The zero-order chi connectivity index (χ0) is 19.8. The second kappa shape index (κ2) is 7.48. The number of hydrogen-bond donors (Lipinski definition) is 0. The first-order valence-electron chi connectivity index (χ1n) is 8.62. The molecule has 0 radical (unpaired) electrons. The predicted molar refractivity (Wildman–Crippen MR) is 105 cm³/mol. The summed E-state index contributed by atoms with van der Waals surface area (Å²) in [7, 11) is 1.41. The minimum atomic E-state index is -0.580. The van der Waals surface area contributed by atoms with Crippen LogP contribution in [-0.2, 0) is 6.42 Å². The monoisotopic (exact) mass is 419 g/mol. The van der Waals surface area contributed by atoms with Crippen molar-refractivity contribution >= 4 is 28.9 Å². The molecule has 0 fully saturated rings. The molecule has 3 heterocycles. The largest absolute Gasteiger partial charge is 0.493 e. The van der Waals surface area contributed by atoms with Crippen molar-refractivity contribution in [3.05, 3.63) is 57.8 Å². The molecule has 1 aliphatic rings. The maximum Gasteiger partial charge on any atom is 0.197 e. The molecule has 0 aliphatic carbocycles.